The fraction of sp³-hybridized carbons (Fsp3) is 0.350. The predicted octanol–water partition coefficient (Wildman–Crippen LogP) is 5.14. The smallest absolute Gasteiger partial charge is 0.209 e. The van der Waals surface area contributed by atoms with Crippen molar-refractivity contribution in [1.82, 2.24) is 25.5 Å². The number of rotatable bonds is 11. The molecule has 0 radical (unpaired) electrons. The first-order chi connectivity index (χ1) is 15.0. The van der Waals surface area contributed by atoms with Crippen LogP contribution >= 0.6 is 50.9 Å². The van der Waals surface area contributed by atoms with E-state index in [1.54, 1.807) is 41.8 Å². The number of halogens is 3. The average molecular weight is 547 g/mol. The molecule has 0 amide bonds. The molecule has 3 rings (SSSR count). The molecule has 0 saturated heterocycles. The van der Waals surface area contributed by atoms with E-state index in [0.717, 1.165) is 39.5 Å². The minimum Gasteiger partial charge on any atom is -0.493 e. The second-order valence-electron chi connectivity index (χ2n) is 6.56. The number of aryl methyl sites for hydroxylation is 1. The molecular weight excluding hydrogens is 525 g/mol. The predicted molar refractivity (Wildman–Crippen MR) is 127 cm³/mol. The van der Waals surface area contributed by atoms with Gasteiger partial charge in [0.15, 0.2) is 11.5 Å². The molecule has 0 aliphatic heterocycles. The zero-order valence-electron chi connectivity index (χ0n) is 17.1. The highest BCUT2D eigenvalue weighted by atomic mass is 79.9. The van der Waals surface area contributed by atoms with Crippen molar-refractivity contribution in [2.45, 2.75) is 24.7 Å². The van der Waals surface area contributed by atoms with Crippen molar-refractivity contribution >= 4 is 50.9 Å². The van der Waals surface area contributed by atoms with Crippen molar-refractivity contribution in [3.8, 4) is 11.5 Å². The Bertz CT molecular complexity index is 1000. The van der Waals surface area contributed by atoms with Gasteiger partial charge >= 0.3 is 0 Å². The average Bonchev–Trinajstić information content (AvgIpc) is 3.15. The van der Waals surface area contributed by atoms with Crippen molar-refractivity contribution in [1.29, 1.82) is 0 Å². The van der Waals surface area contributed by atoms with Gasteiger partial charge in [-0.1, -0.05) is 41.0 Å². The number of thioether (sulfide) groups is 1. The van der Waals surface area contributed by atoms with Crippen LogP contribution in [-0.4, -0.2) is 39.6 Å². The summed E-state index contributed by atoms with van der Waals surface area (Å²) < 4.78 is 14.0. The first-order valence-corrected chi connectivity index (χ1v) is 12.0. The van der Waals surface area contributed by atoms with E-state index < -0.39 is 0 Å². The molecule has 1 heterocycles. The lowest BCUT2D eigenvalue weighted by Gasteiger charge is -2.16. The van der Waals surface area contributed by atoms with Crippen LogP contribution in [0.1, 0.15) is 17.5 Å². The number of benzene rings is 2. The largest absolute Gasteiger partial charge is 0.493 e. The second-order valence-corrected chi connectivity index (χ2v) is 9.29. The van der Waals surface area contributed by atoms with E-state index in [-0.39, 0.29) is 6.61 Å². The van der Waals surface area contributed by atoms with Crippen LogP contribution in [0.25, 0.3) is 0 Å². The minimum atomic E-state index is 0.240. The highest BCUT2D eigenvalue weighted by molar-refractivity contribution is 9.10. The van der Waals surface area contributed by atoms with Gasteiger partial charge in [-0.15, -0.1) is 5.10 Å². The van der Waals surface area contributed by atoms with Gasteiger partial charge in [-0.3, -0.25) is 0 Å². The van der Waals surface area contributed by atoms with Gasteiger partial charge in [0.25, 0.3) is 0 Å². The topological polar surface area (TPSA) is 74.1 Å². The molecule has 7 nitrogen and oxygen atoms in total. The Morgan fingerprint density at radius 1 is 1.23 bits per heavy atom. The summed E-state index contributed by atoms with van der Waals surface area (Å²) in [5.74, 6) is 2.18. The molecule has 0 atom stereocenters. The summed E-state index contributed by atoms with van der Waals surface area (Å²) in [5.41, 5.74) is 1.82. The van der Waals surface area contributed by atoms with E-state index in [9.17, 15) is 0 Å². The lowest BCUT2D eigenvalue weighted by Crippen LogP contribution is -2.15. The summed E-state index contributed by atoms with van der Waals surface area (Å²) in [5, 5.41) is 16.8. The molecular formula is C20H22BrCl2N5O2S. The van der Waals surface area contributed by atoms with E-state index >= 15 is 0 Å². The van der Waals surface area contributed by atoms with Crippen molar-refractivity contribution in [3.05, 3.63) is 56.0 Å². The van der Waals surface area contributed by atoms with E-state index in [1.807, 2.05) is 19.2 Å². The maximum Gasteiger partial charge on any atom is 0.209 e. The monoisotopic (exact) mass is 545 g/mol. The van der Waals surface area contributed by atoms with Gasteiger partial charge in [-0.2, -0.15) is 0 Å². The first-order valence-electron chi connectivity index (χ1n) is 9.47. The fourth-order valence-electron chi connectivity index (χ4n) is 2.77. The summed E-state index contributed by atoms with van der Waals surface area (Å²) in [7, 11) is 3.45. The van der Waals surface area contributed by atoms with Crippen LogP contribution in [0.4, 0.5) is 0 Å². The molecule has 1 N–H and O–H groups in total. The highest BCUT2D eigenvalue weighted by Crippen LogP contribution is 2.38. The van der Waals surface area contributed by atoms with Crippen LogP contribution in [0.15, 0.2) is 40.0 Å². The number of hydrogen-bond donors (Lipinski definition) is 1. The van der Waals surface area contributed by atoms with Crippen molar-refractivity contribution in [2.75, 3.05) is 19.4 Å². The summed E-state index contributed by atoms with van der Waals surface area (Å²) in [6.45, 7) is 1.83. The summed E-state index contributed by atoms with van der Waals surface area (Å²) in [4.78, 5) is 0. The Balaban J connectivity index is 1.52. The van der Waals surface area contributed by atoms with Gasteiger partial charge in [-0.05, 0) is 69.2 Å². The number of methoxy groups -OCH3 is 1. The zero-order valence-corrected chi connectivity index (χ0v) is 21.0. The molecule has 0 aliphatic rings. The van der Waals surface area contributed by atoms with Crippen molar-refractivity contribution in [2.24, 2.45) is 7.05 Å². The van der Waals surface area contributed by atoms with Crippen molar-refractivity contribution in [3.63, 3.8) is 0 Å². The SMILES string of the molecule is COc1cc(CNCCCSc2nnnn2C)cc(Br)c1OCc1c(Cl)cccc1Cl. The third-order valence-electron chi connectivity index (χ3n) is 4.35. The molecule has 0 bridgehead atoms. The number of nitrogens with zero attached hydrogens (tertiary/aromatic N) is 4. The normalized spacial score (nSPS) is 11.0. The highest BCUT2D eigenvalue weighted by Gasteiger charge is 2.14. The molecule has 3 aromatic rings. The van der Waals surface area contributed by atoms with Crippen LogP contribution in [0, 0.1) is 0 Å². The third kappa shape index (κ3) is 6.73. The van der Waals surface area contributed by atoms with E-state index in [0.29, 0.717) is 28.1 Å². The Kier molecular flexibility index (Phi) is 9.28. The molecule has 0 unspecified atom stereocenters. The number of nitrogens with one attached hydrogen (secondary N) is 1. The van der Waals surface area contributed by atoms with Crippen LogP contribution in [0.2, 0.25) is 10.0 Å². The number of ether oxygens (including phenoxy) is 2. The molecule has 0 fully saturated rings. The molecule has 11 heteroatoms. The molecule has 2 aromatic carbocycles. The number of aromatic nitrogens is 4. The quantitative estimate of drug-likeness (QED) is 0.263. The zero-order chi connectivity index (χ0) is 22.2. The minimum absolute atomic E-state index is 0.240. The van der Waals surface area contributed by atoms with E-state index in [2.05, 4.69) is 36.8 Å². The van der Waals surface area contributed by atoms with Crippen LogP contribution in [-0.2, 0) is 20.2 Å². The standard InChI is InChI=1S/C20H22BrCl2N5O2S/c1-28-20(25-26-27-28)31-8-4-7-24-11-13-9-15(21)19(18(10-13)29-2)30-12-14-16(22)5-3-6-17(14)23/h3,5-6,9-10,24H,4,7-8,11-12H2,1-2H3. The van der Waals surface area contributed by atoms with Gasteiger partial charge in [0, 0.05) is 35.0 Å². The maximum atomic E-state index is 6.24. The van der Waals surface area contributed by atoms with Gasteiger partial charge in [0.05, 0.1) is 11.6 Å². The summed E-state index contributed by atoms with van der Waals surface area (Å²) in [6, 6.07) is 9.35. The third-order valence-corrected chi connectivity index (χ3v) is 6.75. The fourth-order valence-corrected chi connectivity index (χ4v) is 4.67. The Hall–Kier alpha value is -1.52. The van der Waals surface area contributed by atoms with E-state index in [4.69, 9.17) is 32.7 Å². The summed E-state index contributed by atoms with van der Waals surface area (Å²) >= 11 is 17.7. The molecule has 31 heavy (non-hydrogen) atoms. The second kappa shape index (κ2) is 11.9. The Morgan fingerprint density at radius 3 is 2.68 bits per heavy atom. The molecule has 0 aliphatic carbocycles. The molecule has 166 valence electrons. The van der Waals surface area contributed by atoms with Crippen LogP contribution in [0.5, 0.6) is 11.5 Å². The molecule has 0 saturated carbocycles. The Labute approximate surface area is 203 Å². The van der Waals surface area contributed by atoms with Gasteiger partial charge < -0.3 is 14.8 Å². The van der Waals surface area contributed by atoms with Gasteiger partial charge in [0.2, 0.25) is 5.16 Å². The summed E-state index contributed by atoms with van der Waals surface area (Å²) in [6.07, 6.45) is 0.996. The van der Waals surface area contributed by atoms with Crippen molar-refractivity contribution < 1.29 is 9.47 Å². The van der Waals surface area contributed by atoms with Gasteiger partial charge in [-0.25, -0.2) is 4.68 Å². The molecule has 0 spiro atoms. The van der Waals surface area contributed by atoms with Crippen LogP contribution < -0.4 is 14.8 Å². The number of hydrogen-bond acceptors (Lipinski definition) is 7. The van der Waals surface area contributed by atoms with Gasteiger partial charge in [0.1, 0.15) is 6.61 Å². The van der Waals surface area contributed by atoms with Crippen LogP contribution in [0.3, 0.4) is 0 Å². The Morgan fingerprint density at radius 2 is 2.00 bits per heavy atom. The van der Waals surface area contributed by atoms with E-state index in [1.165, 1.54) is 0 Å². The molecule has 1 aromatic heterocycles. The lowest BCUT2D eigenvalue weighted by atomic mass is 10.2. The first kappa shape index (κ1) is 24.1. The number of tetrazole rings is 1. The lowest BCUT2D eigenvalue weighted by molar-refractivity contribution is 0.282. The maximum absolute atomic E-state index is 6.24.